The van der Waals surface area contributed by atoms with Crippen LogP contribution in [0.3, 0.4) is 0 Å². The zero-order chi connectivity index (χ0) is 16.5. The summed E-state index contributed by atoms with van der Waals surface area (Å²) in [7, 11) is 0. The second kappa shape index (κ2) is 5.99. The highest BCUT2D eigenvalue weighted by Gasteiger charge is 2.37. The Morgan fingerprint density at radius 2 is 2.00 bits per heavy atom. The van der Waals surface area contributed by atoms with Gasteiger partial charge in [0.05, 0.1) is 23.4 Å². The molecule has 0 fully saturated rings. The molecule has 0 saturated carbocycles. The normalized spacial score (nSPS) is 20.5. The number of carboxylic acid groups (broad SMARTS) is 1. The predicted molar refractivity (Wildman–Crippen MR) is 69.0 cm³/mol. The quantitative estimate of drug-likeness (QED) is 0.799. The van der Waals surface area contributed by atoms with Gasteiger partial charge in [0, 0.05) is 12.7 Å². The standard InChI is InChI=1S/C12H11ClF3N3O3/c13-8-5-19(18-9(8)12(14,15)16)4-3-17-10(20)6-1-2-7(6)11(21)22/h1-2,5-7H,3-4H2,(H,17,20)(H,21,22)/t6-,7+/m0/s1. The minimum absolute atomic E-state index is 0.00478. The van der Waals surface area contributed by atoms with Crippen LogP contribution in [0.15, 0.2) is 18.3 Å². The van der Waals surface area contributed by atoms with E-state index in [2.05, 4.69) is 10.4 Å². The lowest BCUT2D eigenvalue weighted by atomic mass is 9.81. The molecular weight excluding hydrogens is 327 g/mol. The third-order valence-corrected chi connectivity index (χ3v) is 3.40. The SMILES string of the molecule is O=C(NCCn1cc(Cl)c(C(F)(F)F)n1)[C@H]1C=C[C@H]1C(=O)O. The van der Waals surface area contributed by atoms with Crippen molar-refractivity contribution >= 4 is 23.5 Å². The van der Waals surface area contributed by atoms with Crippen molar-refractivity contribution in [2.24, 2.45) is 11.8 Å². The molecule has 6 nitrogen and oxygen atoms in total. The second-order valence-corrected chi connectivity index (χ2v) is 5.06. The van der Waals surface area contributed by atoms with Crippen molar-refractivity contribution < 1.29 is 27.9 Å². The van der Waals surface area contributed by atoms with Crippen molar-refractivity contribution in [3.63, 3.8) is 0 Å². The Labute approximate surface area is 127 Å². The van der Waals surface area contributed by atoms with Crippen molar-refractivity contribution in [2.75, 3.05) is 6.54 Å². The number of carboxylic acids is 1. The van der Waals surface area contributed by atoms with Crippen molar-refractivity contribution in [3.05, 3.63) is 29.1 Å². The highest BCUT2D eigenvalue weighted by atomic mass is 35.5. The number of carbonyl (C=O) groups excluding carboxylic acids is 1. The lowest BCUT2D eigenvalue weighted by molar-refractivity contribution is -0.145. The molecule has 0 radical (unpaired) electrons. The summed E-state index contributed by atoms with van der Waals surface area (Å²) in [6.07, 6.45) is -0.771. The van der Waals surface area contributed by atoms with Gasteiger partial charge in [-0.1, -0.05) is 23.8 Å². The first-order chi connectivity index (χ1) is 10.2. The molecule has 1 aromatic rings. The zero-order valence-corrected chi connectivity index (χ0v) is 11.7. The molecule has 0 spiro atoms. The summed E-state index contributed by atoms with van der Waals surface area (Å²) in [4.78, 5) is 22.5. The van der Waals surface area contributed by atoms with E-state index in [1.165, 1.54) is 12.2 Å². The molecule has 2 rings (SSSR count). The Morgan fingerprint density at radius 1 is 1.36 bits per heavy atom. The molecule has 120 valence electrons. The van der Waals surface area contributed by atoms with Crippen LogP contribution in [0, 0.1) is 11.8 Å². The van der Waals surface area contributed by atoms with Gasteiger partial charge >= 0.3 is 12.1 Å². The molecule has 10 heteroatoms. The first-order valence-corrected chi connectivity index (χ1v) is 6.57. The molecular formula is C12H11ClF3N3O3. The number of nitrogens with zero attached hydrogens (tertiary/aromatic N) is 2. The fraction of sp³-hybridized carbons (Fsp3) is 0.417. The lowest BCUT2D eigenvalue weighted by Gasteiger charge is -2.24. The van der Waals surface area contributed by atoms with Crippen molar-refractivity contribution in [1.82, 2.24) is 15.1 Å². The average molecular weight is 338 g/mol. The molecule has 1 aliphatic carbocycles. The fourth-order valence-corrected chi connectivity index (χ4v) is 2.19. The maximum Gasteiger partial charge on any atom is 0.436 e. The molecule has 2 N–H and O–H groups in total. The highest BCUT2D eigenvalue weighted by Crippen LogP contribution is 2.33. The molecule has 1 aliphatic rings. The van der Waals surface area contributed by atoms with E-state index in [9.17, 15) is 22.8 Å². The van der Waals surface area contributed by atoms with E-state index in [1.54, 1.807) is 0 Å². The molecule has 1 heterocycles. The minimum Gasteiger partial charge on any atom is -0.481 e. The van der Waals surface area contributed by atoms with Crippen LogP contribution >= 0.6 is 11.6 Å². The summed E-state index contributed by atoms with van der Waals surface area (Å²) < 4.78 is 38.5. The van der Waals surface area contributed by atoms with Gasteiger partial charge in [0.1, 0.15) is 0 Å². The van der Waals surface area contributed by atoms with Crippen LogP contribution in [-0.4, -0.2) is 33.3 Å². The summed E-state index contributed by atoms with van der Waals surface area (Å²) in [5, 5.41) is 14.0. The van der Waals surface area contributed by atoms with E-state index in [4.69, 9.17) is 16.7 Å². The van der Waals surface area contributed by atoms with Gasteiger partial charge in [-0.15, -0.1) is 0 Å². The van der Waals surface area contributed by atoms with Gasteiger partial charge in [0.2, 0.25) is 5.91 Å². The Morgan fingerprint density at radius 3 is 2.45 bits per heavy atom. The van der Waals surface area contributed by atoms with Crippen LogP contribution in [0.25, 0.3) is 0 Å². The Balaban J connectivity index is 1.86. The number of amides is 1. The number of hydrogen-bond acceptors (Lipinski definition) is 3. The van der Waals surface area contributed by atoms with Crippen molar-refractivity contribution in [1.29, 1.82) is 0 Å². The highest BCUT2D eigenvalue weighted by molar-refractivity contribution is 6.31. The number of halogens is 4. The van der Waals surface area contributed by atoms with Crippen LogP contribution in [0.5, 0.6) is 0 Å². The molecule has 0 saturated heterocycles. The van der Waals surface area contributed by atoms with Crippen LogP contribution in [0.2, 0.25) is 5.02 Å². The molecule has 1 amide bonds. The molecule has 22 heavy (non-hydrogen) atoms. The first kappa shape index (κ1) is 16.3. The van der Waals surface area contributed by atoms with Gasteiger partial charge < -0.3 is 10.4 Å². The summed E-state index contributed by atoms with van der Waals surface area (Å²) in [6, 6.07) is 0. The zero-order valence-electron chi connectivity index (χ0n) is 11.0. The monoisotopic (exact) mass is 337 g/mol. The third kappa shape index (κ3) is 3.41. The average Bonchev–Trinajstić information content (AvgIpc) is 2.67. The van der Waals surface area contributed by atoms with E-state index < -0.39 is 40.6 Å². The maximum absolute atomic E-state index is 12.5. The number of carbonyl (C=O) groups is 2. The minimum atomic E-state index is -4.64. The van der Waals surface area contributed by atoms with Crippen LogP contribution in [0.4, 0.5) is 13.2 Å². The third-order valence-electron chi connectivity index (χ3n) is 3.13. The van der Waals surface area contributed by atoms with Crippen LogP contribution in [-0.2, 0) is 22.3 Å². The number of nitrogens with one attached hydrogen (secondary N) is 1. The summed E-state index contributed by atoms with van der Waals surface area (Å²) in [5.74, 6) is -3.22. The summed E-state index contributed by atoms with van der Waals surface area (Å²) >= 11 is 5.44. The molecule has 0 aliphatic heterocycles. The topological polar surface area (TPSA) is 84.2 Å². The van der Waals surface area contributed by atoms with Gasteiger partial charge in [0.25, 0.3) is 0 Å². The van der Waals surface area contributed by atoms with Crippen LogP contribution < -0.4 is 5.32 Å². The van der Waals surface area contributed by atoms with E-state index in [0.29, 0.717) is 0 Å². The van der Waals surface area contributed by atoms with E-state index in [-0.39, 0.29) is 13.1 Å². The summed E-state index contributed by atoms with van der Waals surface area (Å²) in [5.41, 5.74) is -1.19. The molecule has 2 atom stereocenters. The van der Waals surface area contributed by atoms with Crippen LogP contribution in [0.1, 0.15) is 5.69 Å². The van der Waals surface area contributed by atoms with Gasteiger partial charge in [-0.2, -0.15) is 18.3 Å². The second-order valence-electron chi connectivity index (χ2n) is 4.65. The van der Waals surface area contributed by atoms with Gasteiger partial charge in [-0.05, 0) is 0 Å². The van der Waals surface area contributed by atoms with Crippen molar-refractivity contribution in [2.45, 2.75) is 12.7 Å². The number of hydrogen-bond donors (Lipinski definition) is 2. The number of aliphatic carboxylic acids is 1. The maximum atomic E-state index is 12.5. The van der Waals surface area contributed by atoms with E-state index in [0.717, 1.165) is 10.9 Å². The molecule has 1 aromatic heterocycles. The Hall–Kier alpha value is -2.03. The lowest BCUT2D eigenvalue weighted by Crippen LogP contribution is -2.41. The van der Waals surface area contributed by atoms with Gasteiger partial charge in [0.15, 0.2) is 5.69 Å². The number of aromatic nitrogens is 2. The Bertz CT molecular complexity index is 627. The van der Waals surface area contributed by atoms with Crippen molar-refractivity contribution in [3.8, 4) is 0 Å². The fourth-order valence-electron chi connectivity index (χ4n) is 1.93. The predicted octanol–water partition coefficient (Wildman–Crippen LogP) is 1.56. The molecule has 0 bridgehead atoms. The first-order valence-electron chi connectivity index (χ1n) is 6.19. The van der Waals surface area contributed by atoms with Gasteiger partial charge in [-0.3, -0.25) is 14.3 Å². The van der Waals surface area contributed by atoms with Gasteiger partial charge in [-0.25, -0.2) is 0 Å². The Kier molecular flexibility index (Phi) is 4.45. The smallest absolute Gasteiger partial charge is 0.436 e. The van der Waals surface area contributed by atoms with E-state index >= 15 is 0 Å². The summed E-state index contributed by atoms with van der Waals surface area (Å²) in [6.45, 7) is -0.0134. The number of rotatable bonds is 5. The molecule has 0 unspecified atom stereocenters. The van der Waals surface area contributed by atoms with E-state index in [1.807, 2.05) is 0 Å². The largest absolute Gasteiger partial charge is 0.481 e. The molecule has 0 aromatic carbocycles. The number of alkyl halides is 3.